The molecule has 1 heterocycles. The molecular formula is C23H27NO3. The number of benzene rings is 2. The zero-order valence-electron chi connectivity index (χ0n) is 15.8. The number of piperidine rings is 1. The van der Waals surface area contributed by atoms with Gasteiger partial charge in [0.15, 0.2) is 0 Å². The molecule has 1 unspecified atom stereocenters. The summed E-state index contributed by atoms with van der Waals surface area (Å²) in [5.74, 6) is 0.0889. The number of carbonyl (C=O) groups excluding carboxylic acids is 2. The maximum absolute atomic E-state index is 13.0. The van der Waals surface area contributed by atoms with Crippen LogP contribution in [0, 0.1) is 5.92 Å². The maximum Gasteiger partial charge on any atom is 0.303 e. The number of likely N-dealkylation sites (tertiary alicyclic amines) is 1. The Morgan fingerprint density at radius 2 is 1.59 bits per heavy atom. The van der Waals surface area contributed by atoms with E-state index < -0.39 is 12.1 Å². The van der Waals surface area contributed by atoms with E-state index in [1.54, 1.807) is 0 Å². The first-order valence-corrected chi connectivity index (χ1v) is 9.68. The Balaban J connectivity index is 1.55. The van der Waals surface area contributed by atoms with Gasteiger partial charge in [-0.15, -0.1) is 0 Å². The molecule has 0 spiro atoms. The van der Waals surface area contributed by atoms with Gasteiger partial charge in [-0.3, -0.25) is 9.59 Å². The van der Waals surface area contributed by atoms with Gasteiger partial charge < -0.3 is 9.64 Å². The van der Waals surface area contributed by atoms with Gasteiger partial charge in [-0.05, 0) is 37.2 Å². The van der Waals surface area contributed by atoms with E-state index in [1.165, 1.54) is 12.5 Å². The molecule has 1 aliphatic rings. The normalized spacial score (nSPS) is 16.0. The van der Waals surface area contributed by atoms with Crippen molar-refractivity contribution in [3.63, 3.8) is 0 Å². The first kappa shape index (κ1) is 19.2. The Bertz CT molecular complexity index is 737. The molecule has 1 saturated heterocycles. The van der Waals surface area contributed by atoms with E-state index in [1.807, 2.05) is 41.3 Å². The largest absolute Gasteiger partial charge is 0.447 e. The van der Waals surface area contributed by atoms with Gasteiger partial charge >= 0.3 is 5.97 Å². The molecule has 0 bridgehead atoms. The first-order valence-electron chi connectivity index (χ1n) is 9.68. The van der Waals surface area contributed by atoms with Crippen LogP contribution in [-0.4, -0.2) is 29.9 Å². The van der Waals surface area contributed by atoms with E-state index in [4.69, 9.17) is 4.74 Å². The van der Waals surface area contributed by atoms with Crippen molar-refractivity contribution in [2.75, 3.05) is 13.1 Å². The van der Waals surface area contributed by atoms with E-state index in [0.29, 0.717) is 5.92 Å². The van der Waals surface area contributed by atoms with Crippen LogP contribution in [0.4, 0.5) is 0 Å². The van der Waals surface area contributed by atoms with Gasteiger partial charge in [0.2, 0.25) is 6.10 Å². The van der Waals surface area contributed by atoms with Crippen molar-refractivity contribution in [1.82, 2.24) is 4.90 Å². The van der Waals surface area contributed by atoms with E-state index in [2.05, 4.69) is 24.3 Å². The van der Waals surface area contributed by atoms with Gasteiger partial charge in [-0.1, -0.05) is 60.7 Å². The second kappa shape index (κ2) is 9.36. The Morgan fingerprint density at radius 1 is 1.00 bits per heavy atom. The summed E-state index contributed by atoms with van der Waals surface area (Å²) >= 11 is 0. The van der Waals surface area contributed by atoms with Crippen LogP contribution in [0.5, 0.6) is 0 Å². The number of aryl methyl sites for hydroxylation is 1. The molecule has 0 saturated carbocycles. The number of ether oxygens (including phenoxy) is 1. The molecule has 142 valence electrons. The molecule has 4 nitrogen and oxygen atoms in total. The van der Waals surface area contributed by atoms with Crippen molar-refractivity contribution in [1.29, 1.82) is 0 Å². The fourth-order valence-electron chi connectivity index (χ4n) is 3.68. The second-order valence-corrected chi connectivity index (χ2v) is 7.19. The fraction of sp³-hybridized carbons (Fsp3) is 0.391. The zero-order valence-corrected chi connectivity index (χ0v) is 15.8. The van der Waals surface area contributed by atoms with Gasteiger partial charge in [0.1, 0.15) is 0 Å². The number of carbonyl (C=O) groups is 2. The molecule has 0 aliphatic carbocycles. The number of hydrogen-bond donors (Lipinski definition) is 0. The molecule has 1 aliphatic heterocycles. The van der Waals surface area contributed by atoms with Crippen LogP contribution < -0.4 is 0 Å². The van der Waals surface area contributed by atoms with Crippen molar-refractivity contribution in [3.8, 4) is 0 Å². The number of nitrogens with zero attached hydrogens (tertiary/aromatic N) is 1. The van der Waals surface area contributed by atoms with Crippen LogP contribution in [0.25, 0.3) is 0 Å². The Morgan fingerprint density at radius 3 is 2.19 bits per heavy atom. The van der Waals surface area contributed by atoms with Gasteiger partial charge in [0.05, 0.1) is 0 Å². The van der Waals surface area contributed by atoms with Crippen molar-refractivity contribution in [2.24, 2.45) is 5.92 Å². The number of esters is 1. The molecule has 3 rings (SSSR count). The lowest BCUT2D eigenvalue weighted by molar-refractivity contribution is -0.160. The fourth-order valence-corrected chi connectivity index (χ4v) is 3.68. The highest BCUT2D eigenvalue weighted by atomic mass is 16.5. The smallest absolute Gasteiger partial charge is 0.303 e. The zero-order chi connectivity index (χ0) is 19.1. The van der Waals surface area contributed by atoms with E-state index in [-0.39, 0.29) is 5.91 Å². The van der Waals surface area contributed by atoms with Crippen molar-refractivity contribution < 1.29 is 14.3 Å². The molecule has 0 aromatic heterocycles. The quantitative estimate of drug-likeness (QED) is 0.722. The first-order chi connectivity index (χ1) is 13.1. The summed E-state index contributed by atoms with van der Waals surface area (Å²) < 4.78 is 5.35. The third kappa shape index (κ3) is 5.43. The average molecular weight is 365 g/mol. The molecule has 1 atom stereocenters. The molecule has 1 fully saturated rings. The summed E-state index contributed by atoms with van der Waals surface area (Å²) in [5, 5.41) is 0. The summed E-state index contributed by atoms with van der Waals surface area (Å²) in [6.07, 6.45) is 3.39. The van der Waals surface area contributed by atoms with Crippen LogP contribution >= 0.6 is 0 Å². The maximum atomic E-state index is 13.0. The average Bonchev–Trinajstić information content (AvgIpc) is 2.72. The Hall–Kier alpha value is -2.62. The topological polar surface area (TPSA) is 46.6 Å². The molecule has 4 heteroatoms. The number of hydrogen-bond acceptors (Lipinski definition) is 3. The second-order valence-electron chi connectivity index (χ2n) is 7.19. The lowest BCUT2D eigenvalue weighted by Crippen LogP contribution is -2.42. The standard InChI is InChI=1S/C23H27NO3/c1-18(25)27-22(21-10-6-3-7-11-21)23(26)24-16-14-20(15-17-24)13-12-19-8-4-2-5-9-19/h2-11,20,22H,12-17H2,1H3. The number of rotatable bonds is 6. The summed E-state index contributed by atoms with van der Waals surface area (Å²) in [6, 6.07) is 19.8. The highest BCUT2D eigenvalue weighted by Crippen LogP contribution is 2.26. The minimum Gasteiger partial charge on any atom is -0.447 e. The molecular weight excluding hydrogens is 338 g/mol. The molecule has 2 aromatic carbocycles. The lowest BCUT2D eigenvalue weighted by Gasteiger charge is -2.34. The van der Waals surface area contributed by atoms with Gasteiger partial charge in [-0.25, -0.2) is 0 Å². The van der Waals surface area contributed by atoms with Crippen molar-refractivity contribution in [2.45, 2.75) is 38.7 Å². The minimum absolute atomic E-state index is 0.113. The van der Waals surface area contributed by atoms with Crippen LogP contribution in [0.1, 0.15) is 43.4 Å². The van der Waals surface area contributed by atoms with E-state index in [0.717, 1.165) is 44.3 Å². The highest BCUT2D eigenvalue weighted by molar-refractivity contribution is 5.84. The van der Waals surface area contributed by atoms with E-state index >= 15 is 0 Å². The third-order valence-electron chi connectivity index (χ3n) is 5.22. The molecule has 2 aromatic rings. The third-order valence-corrected chi connectivity index (χ3v) is 5.22. The summed E-state index contributed by atoms with van der Waals surface area (Å²) in [7, 11) is 0. The summed E-state index contributed by atoms with van der Waals surface area (Å²) in [4.78, 5) is 26.3. The predicted molar refractivity (Wildman–Crippen MR) is 105 cm³/mol. The number of amides is 1. The predicted octanol–water partition coefficient (Wildman–Crippen LogP) is 4.16. The lowest BCUT2D eigenvalue weighted by atomic mass is 9.90. The van der Waals surface area contributed by atoms with Crippen LogP contribution in [0.3, 0.4) is 0 Å². The highest BCUT2D eigenvalue weighted by Gasteiger charge is 2.31. The molecule has 0 N–H and O–H groups in total. The molecule has 1 amide bonds. The molecule has 0 radical (unpaired) electrons. The molecule has 27 heavy (non-hydrogen) atoms. The van der Waals surface area contributed by atoms with Crippen molar-refractivity contribution >= 4 is 11.9 Å². The van der Waals surface area contributed by atoms with Gasteiger partial charge in [0, 0.05) is 25.6 Å². The van der Waals surface area contributed by atoms with Crippen LogP contribution in [0.15, 0.2) is 60.7 Å². The minimum atomic E-state index is -0.843. The van der Waals surface area contributed by atoms with Gasteiger partial charge in [0.25, 0.3) is 5.91 Å². The summed E-state index contributed by atoms with van der Waals surface area (Å²) in [5.41, 5.74) is 2.10. The van der Waals surface area contributed by atoms with Crippen molar-refractivity contribution in [3.05, 3.63) is 71.8 Å². The monoisotopic (exact) mass is 365 g/mol. The van der Waals surface area contributed by atoms with Gasteiger partial charge in [-0.2, -0.15) is 0 Å². The van der Waals surface area contributed by atoms with Crippen LogP contribution in [-0.2, 0) is 20.7 Å². The SMILES string of the molecule is CC(=O)OC(C(=O)N1CCC(CCc2ccccc2)CC1)c1ccccc1. The Labute approximate surface area is 161 Å². The van der Waals surface area contributed by atoms with Crippen LogP contribution in [0.2, 0.25) is 0 Å². The summed E-state index contributed by atoms with van der Waals surface area (Å²) in [6.45, 7) is 2.80. The van der Waals surface area contributed by atoms with E-state index in [9.17, 15) is 9.59 Å². The Kier molecular flexibility index (Phi) is 6.64.